The van der Waals surface area contributed by atoms with Crippen LogP contribution in [0.4, 0.5) is 5.69 Å². The molecule has 0 amide bonds. The summed E-state index contributed by atoms with van der Waals surface area (Å²) in [6, 6.07) is 8.87. The van der Waals surface area contributed by atoms with Gasteiger partial charge in [-0.25, -0.2) is 4.79 Å². The number of hydrogen-bond acceptors (Lipinski definition) is 5. The first-order chi connectivity index (χ1) is 11.8. The predicted molar refractivity (Wildman–Crippen MR) is 95.0 cm³/mol. The van der Waals surface area contributed by atoms with Crippen molar-refractivity contribution in [3.05, 3.63) is 73.2 Å². The Morgan fingerprint density at radius 3 is 2.64 bits per heavy atom. The molecule has 0 fully saturated rings. The van der Waals surface area contributed by atoms with Gasteiger partial charge in [-0.05, 0) is 30.7 Å². The van der Waals surface area contributed by atoms with Gasteiger partial charge in [-0.1, -0.05) is 40.5 Å². The van der Waals surface area contributed by atoms with Crippen LogP contribution in [0.3, 0.4) is 0 Å². The van der Waals surface area contributed by atoms with Crippen LogP contribution in [-0.2, 0) is 11.3 Å². The molecule has 0 radical (unpaired) electrons. The van der Waals surface area contributed by atoms with E-state index < -0.39 is 10.9 Å². The van der Waals surface area contributed by atoms with Crippen LogP contribution in [-0.4, -0.2) is 16.7 Å². The highest BCUT2D eigenvalue weighted by Gasteiger charge is 2.16. The Bertz CT molecular complexity index is 868. The number of aryl methyl sites for hydroxylation is 1. The third kappa shape index (κ3) is 4.91. The van der Waals surface area contributed by atoms with Crippen LogP contribution >= 0.6 is 23.2 Å². The summed E-state index contributed by atoms with van der Waals surface area (Å²) in [4.78, 5) is 27.0. The lowest BCUT2D eigenvalue weighted by atomic mass is 10.1. The molecule has 2 N–H and O–H groups in total. The summed E-state index contributed by atoms with van der Waals surface area (Å²) in [6.45, 7) is 1.57. The van der Waals surface area contributed by atoms with Gasteiger partial charge < -0.3 is 10.6 Å². The molecule has 2 aromatic rings. The lowest BCUT2D eigenvalue weighted by molar-refractivity contribution is -0.385. The SMILES string of the molecule is Cc1ccc(C(=O)ON=C(N)Cc2ccc(Cl)cc2Cl)cc1[N+](=O)[O-]. The van der Waals surface area contributed by atoms with Crippen LogP contribution in [0.15, 0.2) is 41.6 Å². The number of nitro groups is 1. The summed E-state index contributed by atoms with van der Waals surface area (Å²) < 4.78 is 0. The average Bonchev–Trinajstić information content (AvgIpc) is 2.55. The third-order valence-electron chi connectivity index (χ3n) is 3.27. The number of rotatable bonds is 5. The van der Waals surface area contributed by atoms with Crippen molar-refractivity contribution in [2.45, 2.75) is 13.3 Å². The van der Waals surface area contributed by atoms with E-state index in [0.29, 0.717) is 21.2 Å². The fourth-order valence-corrected chi connectivity index (χ4v) is 2.45. The van der Waals surface area contributed by atoms with Crippen molar-refractivity contribution in [3.63, 3.8) is 0 Å². The van der Waals surface area contributed by atoms with Gasteiger partial charge in [0, 0.05) is 28.1 Å². The second kappa shape index (κ2) is 7.96. The van der Waals surface area contributed by atoms with E-state index in [9.17, 15) is 14.9 Å². The van der Waals surface area contributed by atoms with Crippen molar-refractivity contribution in [1.82, 2.24) is 0 Å². The minimum absolute atomic E-state index is 0.00150. The number of oxime groups is 1. The Morgan fingerprint density at radius 2 is 2.00 bits per heavy atom. The highest BCUT2D eigenvalue weighted by Crippen LogP contribution is 2.22. The van der Waals surface area contributed by atoms with Crippen molar-refractivity contribution in [2.75, 3.05) is 0 Å². The number of benzene rings is 2. The van der Waals surface area contributed by atoms with Crippen LogP contribution in [0.25, 0.3) is 0 Å². The topological polar surface area (TPSA) is 108 Å². The summed E-state index contributed by atoms with van der Waals surface area (Å²) in [5.41, 5.74) is 6.63. The van der Waals surface area contributed by atoms with Crippen molar-refractivity contribution < 1.29 is 14.6 Å². The summed E-state index contributed by atoms with van der Waals surface area (Å²) in [6.07, 6.45) is 0.150. The highest BCUT2D eigenvalue weighted by molar-refractivity contribution is 6.35. The van der Waals surface area contributed by atoms with Crippen molar-refractivity contribution in [2.24, 2.45) is 10.9 Å². The van der Waals surface area contributed by atoms with Crippen LogP contribution in [0.5, 0.6) is 0 Å². The predicted octanol–water partition coefficient (Wildman–Crippen LogP) is 3.88. The quantitative estimate of drug-likeness (QED) is 0.278. The van der Waals surface area contributed by atoms with Gasteiger partial charge >= 0.3 is 5.97 Å². The first-order valence-corrected chi connectivity index (χ1v) is 7.76. The molecule has 0 aliphatic rings. The van der Waals surface area contributed by atoms with Gasteiger partial charge in [0.2, 0.25) is 0 Å². The minimum atomic E-state index is -0.853. The Labute approximate surface area is 153 Å². The molecule has 0 aliphatic carbocycles. The van der Waals surface area contributed by atoms with Gasteiger partial charge in [-0.2, -0.15) is 0 Å². The molecule has 0 saturated heterocycles. The number of amidine groups is 1. The van der Waals surface area contributed by atoms with Crippen molar-refractivity contribution >= 4 is 40.7 Å². The van der Waals surface area contributed by atoms with Gasteiger partial charge in [0.15, 0.2) is 0 Å². The third-order valence-corrected chi connectivity index (χ3v) is 3.86. The summed E-state index contributed by atoms with van der Waals surface area (Å²) in [5, 5.41) is 15.3. The van der Waals surface area contributed by atoms with Crippen molar-refractivity contribution in [3.8, 4) is 0 Å². The normalized spacial score (nSPS) is 11.2. The lowest BCUT2D eigenvalue weighted by Gasteiger charge is -2.05. The van der Waals surface area contributed by atoms with Crippen LogP contribution < -0.4 is 5.73 Å². The van der Waals surface area contributed by atoms with E-state index >= 15 is 0 Å². The van der Waals surface area contributed by atoms with Gasteiger partial charge in [0.25, 0.3) is 5.69 Å². The van der Waals surface area contributed by atoms with Gasteiger partial charge in [-0.3, -0.25) is 10.1 Å². The standard InChI is InChI=1S/C16H13Cl2N3O4/c1-9-2-3-11(6-14(9)21(23)24)16(22)25-20-15(19)7-10-4-5-12(17)8-13(10)18/h2-6,8H,7H2,1H3,(H2,19,20). The smallest absolute Gasteiger partial charge is 0.366 e. The van der Waals surface area contributed by atoms with E-state index in [0.717, 1.165) is 6.07 Å². The van der Waals surface area contributed by atoms with Crippen LogP contribution in [0.2, 0.25) is 10.0 Å². The zero-order chi connectivity index (χ0) is 18.6. The van der Waals surface area contributed by atoms with Crippen molar-refractivity contribution in [1.29, 1.82) is 0 Å². The maximum absolute atomic E-state index is 11.9. The second-order valence-corrected chi connectivity index (χ2v) is 5.98. The first kappa shape index (κ1) is 18.7. The zero-order valence-corrected chi connectivity index (χ0v) is 14.5. The fraction of sp³-hybridized carbons (Fsp3) is 0.125. The number of halogens is 2. The molecule has 0 aliphatic heterocycles. The molecule has 2 aromatic carbocycles. The maximum Gasteiger partial charge on any atom is 0.366 e. The lowest BCUT2D eigenvalue weighted by Crippen LogP contribution is -2.17. The molecule has 0 saturated carbocycles. The van der Waals surface area contributed by atoms with Crippen LogP contribution in [0, 0.1) is 17.0 Å². The monoisotopic (exact) mass is 381 g/mol. The fourth-order valence-electron chi connectivity index (χ4n) is 1.98. The largest absolute Gasteiger partial charge is 0.384 e. The molecule has 2 rings (SSSR count). The second-order valence-electron chi connectivity index (χ2n) is 5.13. The summed E-state index contributed by atoms with van der Waals surface area (Å²) in [5.74, 6) is -0.840. The van der Waals surface area contributed by atoms with E-state index in [1.807, 2.05) is 0 Å². The molecule has 0 heterocycles. The van der Waals surface area contributed by atoms with Gasteiger partial charge in [0.1, 0.15) is 5.84 Å². The number of nitrogens with two attached hydrogens (primary N) is 1. The number of nitro benzene ring substituents is 1. The first-order valence-electron chi connectivity index (χ1n) is 7.00. The number of nitrogens with zero attached hydrogens (tertiary/aromatic N) is 2. The molecule has 0 atom stereocenters. The summed E-state index contributed by atoms with van der Waals surface area (Å²) in [7, 11) is 0. The maximum atomic E-state index is 11.9. The molecule has 0 spiro atoms. The number of carbonyl (C=O) groups excluding carboxylic acids is 1. The molecule has 9 heteroatoms. The Hall–Kier alpha value is -2.64. The Morgan fingerprint density at radius 1 is 1.28 bits per heavy atom. The van der Waals surface area contributed by atoms with E-state index in [4.69, 9.17) is 33.8 Å². The highest BCUT2D eigenvalue weighted by atomic mass is 35.5. The number of carbonyl (C=O) groups is 1. The molecule has 130 valence electrons. The molecule has 0 aromatic heterocycles. The van der Waals surface area contributed by atoms with E-state index in [2.05, 4.69) is 5.16 Å². The average molecular weight is 382 g/mol. The van der Waals surface area contributed by atoms with E-state index in [1.165, 1.54) is 12.1 Å². The van der Waals surface area contributed by atoms with Gasteiger partial charge in [-0.15, -0.1) is 0 Å². The molecule has 7 nitrogen and oxygen atoms in total. The molecule has 0 bridgehead atoms. The van der Waals surface area contributed by atoms with Gasteiger partial charge in [0.05, 0.1) is 10.5 Å². The molecular weight excluding hydrogens is 369 g/mol. The molecular formula is C16H13Cl2N3O4. The zero-order valence-electron chi connectivity index (χ0n) is 13.0. The van der Waals surface area contributed by atoms with Crippen LogP contribution in [0.1, 0.15) is 21.5 Å². The van der Waals surface area contributed by atoms with E-state index in [1.54, 1.807) is 25.1 Å². The Balaban J connectivity index is 2.08. The molecule has 0 unspecified atom stereocenters. The number of hydrogen-bond donors (Lipinski definition) is 1. The summed E-state index contributed by atoms with van der Waals surface area (Å²) >= 11 is 11.8. The minimum Gasteiger partial charge on any atom is -0.384 e. The molecule has 25 heavy (non-hydrogen) atoms. The Kier molecular flexibility index (Phi) is 5.95. The van der Waals surface area contributed by atoms with E-state index in [-0.39, 0.29) is 23.5 Å².